The number of aromatic nitrogens is 5. The van der Waals surface area contributed by atoms with E-state index in [0.717, 1.165) is 5.56 Å². The molecule has 31 heavy (non-hydrogen) atoms. The van der Waals surface area contributed by atoms with Crippen LogP contribution in [0.15, 0.2) is 18.6 Å². The lowest BCUT2D eigenvalue weighted by Crippen LogP contribution is -2.36. The van der Waals surface area contributed by atoms with E-state index in [1.54, 1.807) is 17.1 Å². The van der Waals surface area contributed by atoms with Crippen LogP contribution in [0.3, 0.4) is 0 Å². The number of carboxylic acid groups (broad SMARTS) is 1. The summed E-state index contributed by atoms with van der Waals surface area (Å²) in [7, 11) is 1.86. The van der Waals surface area contributed by atoms with E-state index in [9.17, 15) is 9.59 Å². The highest BCUT2D eigenvalue weighted by atomic mass is 16.5. The molecule has 0 saturated heterocycles. The van der Waals surface area contributed by atoms with Crippen LogP contribution in [-0.4, -0.2) is 87.4 Å². The van der Waals surface area contributed by atoms with E-state index in [1.165, 1.54) is 4.68 Å². The molecule has 2 N–H and O–H groups in total. The Hall–Kier alpha value is -2.83. The van der Waals surface area contributed by atoms with Crippen LogP contribution in [0.25, 0.3) is 0 Å². The minimum atomic E-state index is -0.944. The summed E-state index contributed by atoms with van der Waals surface area (Å²) < 4.78 is 19.4. The first-order valence-corrected chi connectivity index (χ1v) is 10.0. The number of carbonyl (C=O) groups is 2. The molecule has 0 spiro atoms. The minimum Gasteiger partial charge on any atom is -0.481 e. The normalized spacial score (nSPS) is 12.1. The van der Waals surface area contributed by atoms with Crippen molar-refractivity contribution in [1.29, 1.82) is 0 Å². The first-order chi connectivity index (χ1) is 14.9. The maximum Gasteiger partial charge on any atom is 0.309 e. The quantitative estimate of drug-likeness (QED) is 0.330. The van der Waals surface area contributed by atoms with Gasteiger partial charge in [-0.3, -0.25) is 14.3 Å². The first-order valence-electron chi connectivity index (χ1n) is 10.0. The van der Waals surface area contributed by atoms with Crippen molar-refractivity contribution >= 4 is 11.9 Å². The molecule has 2 aromatic rings. The van der Waals surface area contributed by atoms with Crippen molar-refractivity contribution in [3.05, 3.63) is 29.8 Å². The summed E-state index contributed by atoms with van der Waals surface area (Å²) in [6.07, 6.45) is 5.85. The lowest BCUT2D eigenvalue weighted by molar-refractivity contribution is -0.136. The van der Waals surface area contributed by atoms with Crippen molar-refractivity contribution in [2.75, 3.05) is 39.6 Å². The lowest BCUT2D eigenvalue weighted by Gasteiger charge is -2.13. The fourth-order valence-corrected chi connectivity index (χ4v) is 2.74. The van der Waals surface area contributed by atoms with Gasteiger partial charge in [0.25, 0.3) is 0 Å². The molecule has 12 heteroatoms. The van der Waals surface area contributed by atoms with Crippen molar-refractivity contribution in [2.45, 2.75) is 32.4 Å². The summed E-state index contributed by atoms with van der Waals surface area (Å²) in [4.78, 5) is 22.5. The van der Waals surface area contributed by atoms with Gasteiger partial charge in [-0.05, 0) is 18.9 Å². The Labute approximate surface area is 180 Å². The van der Waals surface area contributed by atoms with Crippen molar-refractivity contribution in [2.24, 2.45) is 7.05 Å². The molecular formula is C19H30N6O6. The van der Waals surface area contributed by atoms with Crippen molar-refractivity contribution in [1.82, 2.24) is 30.1 Å². The molecule has 2 rings (SSSR count). The topological polar surface area (TPSA) is 143 Å². The van der Waals surface area contributed by atoms with Crippen LogP contribution < -0.4 is 5.32 Å². The Morgan fingerprint density at radius 3 is 2.52 bits per heavy atom. The predicted octanol–water partition coefficient (Wildman–Crippen LogP) is -0.564. The number of hydrogen-bond acceptors (Lipinski definition) is 8. The molecule has 0 aliphatic rings. The fourth-order valence-electron chi connectivity index (χ4n) is 2.74. The number of hydrogen-bond donors (Lipinski definition) is 2. The van der Waals surface area contributed by atoms with E-state index >= 15 is 0 Å². The zero-order chi connectivity index (χ0) is 22.5. The summed E-state index contributed by atoms with van der Waals surface area (Å²) in [6.45, 7) is 4.30. The van der Waals surface area contributed by atoms with Crippen LogP contribution >= 0.6 is 0 Å². The molecular weight excluding hydrogens is 408 g/mol. The smallest absolute Gasteiger partial charge is 0.309 e. The molecule has 172 valence electrons. The molecule has 0 aromatic carbocycles. The van der Waals surface area contributed by atoms with E-state index in [2.05, 4.69) is 20.7 Å². The van der Waals surface area contributed by atoms with E-state index < -0.39 is 5.97 Å². The van der Waals surface area contributed by atoms with Crippen LogP contribution in [0.4, 0.5) is 0 Å². The van der Waals surface area contributed by atoms with E-state index in [0.29, 0.717) is 51.7 Å². The van der Waals surface area contributed by atoms with Gasteiger partial charge in [0.15, 0.2) is 0 Å². The molecule has 2 heterocycles. The number of aryl methyl sites for hydroxylation is 1. The summed E-state index contributed by atoms with van der Waals surface area (Å²) in [5.41, 5.74) is 1.48. The van der Waals surface area contributed by atoms with Gasteiger partial charge in [-0.2, -0.15) is 5.10 Å². The highest BCUT2D eigenvalue weighted by Gasteiger charge is 2.09. The minimum absolute atomic E-state index is 0.00465. The second-order valence-electron chi connectivity index (χ2n) is 7.02. The van der Waals surface area contributed by atoms with Gasteiger partial charge < -0.3 is 24.6 Å². The maximum atomic E-state index is 11.9. The number of carboxylic acids is 1. The standard InChI is InChI=1S/C19H30N6O6/c1-15(9-16-11-20-24(2)12-16)21-18(26)14-31-8-7-30-6-5-29-4-3-25-13-17(22-23-25)10-19(27)28/h11-13,15H,3-10,14H2,1-2H3,(H,21,26)(H,27,28). The van der Waals surface area contributed by atoms with E-state index in [1.807, 2.05) is 20.2 Å². The van der Waals surface area contributed by atoms with Gasteiger partial charge >= 0.3 is 5.97 Å². The van der Waals surface area contributed by atoms with Crippen LogP contribution in [0.2, 0.25) is 0 Å². The Kier molecular flexibility index (Phi) is 10.6. The number of nitrogens with one attached hydrogen (secondary N) is 1. The summed E-state index contributed by atoms with van der Waals surface area (Å²) in [5, 5.41) is 23.3. The lowest BCUT2D eigenvalue weighted by atomic mass is 10.1. The third-order valence-electron chi connectivity index (χ3n) is 4.07. The van der Waals surface area contributed by atoms with Gasteiger partial charge in [0.05, 0.1) is 57.9 Å². The third kappa shape index (κ3) is 10.7. The van der Waals surface area contributed by atoms with Crippen LogP contribution in [-0.2, 0) is 50.2 Å². The second-order valence-corrected chi connectivity index (χ2v) is 7.02. The number of ether oxygens (including phenoxy) is 3. The molecule has 0 bridgehead atoms. The van der Waals surface area contributed by atoms with Gasteiger partial charge in [0, 0.05) is 25.5 Å². The maximum absolute atomic E-state index is 11.9. The molecule has 0 aliphatic heterocycles. The average molecular weight is 438 g/mol. The summed E-state index contributed by atoms with van der Waals surface area (Å²) in [6, 6.07) is -0.00465. The number of rotatable bonds is 16. The molecule has 0 saturated carbocycles. The largest absolute Gasteiger partial charge is 0.481 e. The van der Waals surface area contributed by atoms with Crippen molar-refractivity contribution in [3.8, 4) is 0 Å². The van der Waals surface area contributed by atoms with Gasteiger partial charge in [0.1, 0.15) is 6.61 Å². The molecule has 1 amide bonds. The Bertz CT molecular complexity index is 807. The number of amides is 1. The van der Waals surface area contributed by atoms with Gasteiger partial charge in [-0.25, -0.2) is 4.68 Å². The summed E-state index contributed by atoms with van der Waals surface area (Å²) >= 11 is 0. The van der Waals surface area contributed by atoms with E-state index in [4.69, 9.17) is 19.3 Å². The van der Waals surface area contributed by atoms with Gasteiger partial charge in [0.2, 0.25) is 5.91 Å². The van der Waals surface area contributed by atoms with Crippen molar-refractivity contribution < 1.29 is 28.9 Å². The molecule has 0 fully saturated rings. The summed E-state index contributed by atoms with van der Waals surface area (Å²) in [5.74, 6) is -1.11. The molecule has 1 atom stereocenters. The molecule has 0 radical (unpaired) electrons. The highest BCUT2D eigenvalue weighted by Crippen LogP contribution is 2.01. The number of aliphatic carboxylic acids is 1. The van der Waals surface area contributed by atoms with Crippen LogP contribution in [0.1, 0.15) is 18.2 Å². The third-order valence-corrected chi connectivity index (χ3v) is 4.07. The molecule has 12 nitrogen and oxygen atoms in total. The van der Waals surface area contributed by atoms with Crippen molar-refractivity contribution in [3.63, 3.8) is 0 Å². The zero-order valence-corrected chi connectivity index (χ0v) is 17.9. The van der Waals surface area contributed by atoms with Crippen LogP contribution in [0.5, 0.6) is 0 Å². The van der Waals surface area contributed by atoms with Gasteiger partial charge in [-0.15, -0.1) is 5.10 Å². The Balaban J connectivity index is 1.40. The Morgan fingerprint density at radius 2 is 1.84 bits per heavy atom. The fraction of sp³-hybridized carbons (Fsp3) is 0.632. The molecule has 1 unspecified atom stereocenters. The van der Waals surface area contributed by atoms with Gasteiger partial charge in [-0.1, -0.05) is 5.21 Å². The predicted molar refractivity (Wildman–Crippen MR) is 108 cm³/mol. The number of nitrogens with zero attached hydrogens (tertiary/aromatic N) is 5. The molecule has 2 aromatic heterocycles. The number of carbonyl (C=O) groups excluding carboxylic acids is 1. The zero-order valence-electron chi connectivity index (χ0n) is 17.9. The monoisotopic (exact) mass is 438 g/mol. The first kappa shape index (κ1) is 24.4. The highest BCUT2D eigenvalue weighted by molar-refractivity contribution is 5.77. The molecule has 0 aliphatic carbocycles. The average Bonchev–Trinajstić information content (AvgIpc) is 3.31. The van der Waals surface area contributed by atoms with E-state index in [-0.39, 0.29) is 25.0 Å². The SMILES string of the molecule is CC(Cc1cnn(C)c1)NC(=O)COCCOCCOCCn1cc(CC(=O)O)nn1. The second kappa shape index (κ2) is 13.5. The van der Waals surface area contributed by atoms with Crippen LogP contribution in [0, 0.1) is 0 Å². The Morgan fingerprint density at radius 1 is 1.13 bits per heavy atom.